The molecule has 0 aliphatic rings. The Kier molecular flexibility index (Phi) is 3.61. The first-order valence-corrected chi connectivity index (χ1v) is 7.19. The summed E-state index contributed by atoms with van der Waals surface area (Å²) < 4.78 is 37.8. The van der Waals surface area contributed by atoms with Crippen molar-refractivity contribution in [3.05, 3.63) is 52.0 Å². The third-order valence-corrected chi connectivity index (χ3v) is 3.89. The van der Waals surface area contributed by atoms with E-state index in [1.54, 1.807) is 0 Å². The highest BCUT2D eigenvalue weighted by atomic mass is 32.1. The van der Waals surface area contributed by atoms with E-state index >= 15 is 0 Å². The molecule has 0 atom stereocenters. The Morgan fingerprint density at radius 2 is 2.14 bits per heavy atom. The van der Waals surface area contributed by atoms with Gasteiger partial charge in [-0.05, 0) is 29.6 Å². The van der Waals surface area contributed by atoms with Gasteiger partial charge >= 0.3 is 6.18 Å². The fourth-order valence-electron chi connectivity index (χ4n) is 1.97. The van der Waals surface area contributed by atoms with Crippen molar-refractivity contribution in [1.29, 1.82) is 0 Å². The van der Waals surface area contributed by atoms with Crippen molar-refractivity contribution in [3.63, 3.8) is 0 Å². The smallest absolute Gasteiger partial charge is 0.347 e. The summed E-state index contributed by atoms with van der Waals surface area (Å²) in [6, 6.07) is 7.97. The minimum absolute atomic E-state index is 0.169. The van der Waals surface area contributed by atoms with Crippen LogP contribution in [0.4, 0.5) is 13.2 Å². The van der Waals surface area contributed by atoms with Crippen molar-refractivity contribution in [1.82, 2.24) is 15.3 Å². The van der Waals surface area contributed by atoms with E-state index in [9.17, 15) is 18.0 Å². The number of nitrogens with zero attached hydrogens (tertiary/aromatic N) is 1. The maximum atomic E-state index is 12.6. The van der Waals surface area contributed by atoms with Gasteiger partial charge in [-0.2, -0.15) is 13.2 Å². The summed E-state index contributed by atoms with van der Waals surface area (Å²) in [5.74, 6) is -1.42. The number of benzene rings is 1. The van der Waals surface area contributed by atoms with E-state index in [1.807, 2.05) is 17.5 Å². The molecular formula is C14H10F3N3OS. The first kappa shape index (κ1) is 14.6. The molecule has 1 aromatic carbocycles. The molecular weight excluding hydrogens is 315 g/mol. The van der Waals surface area contributed by atoms with Gasteiger partial charge in [-0.3, -0.25) is 4.79 Å². The standard InChI is InChI=1S/C14H10F3N3OS/c15-14(16,17)13-19-10-4-3-8(6-11(10)20-13)12(21)18-7-9-2-1-5-22-9/h1-6H,7H2,(H,18,21)(H,19,20). The SMILES string of the molecule is O=C(NCc1cccs1)c1ccc2nc(C(F)(F)F)[nH]c2c1. The highest BCUT2D eigenvalue weighted by molar-refractivity contribution is 7.09. The van der Waals surface area contributed by atoms with E-state index in [1.165, 1.54) is 29.5 Å². The third-order valence-electron chi connectivity index (χ3n) is 3.02. The first-order valence-electron chi connectivity index (χ1n) is 6.31. The van der Waals surface area contributed by atoms with Gasteiger partial charge in [-0.15, -0.1) is 11.3 Å². The van der Waals surface area contributed by atoms with E-state index in [-0.39, 0.29) is 22.5 Å². The summed E-state index contributed by atoms with van der Waals surface area (Å²) >= 11 is 1.51. The van der Waals surface area contributed by atoms with Crippen LogP contribution in [-0.2, 0) is 12.7 Å². The van der Waals surface area contributed by atoms with E-state index < -0.39 is 12.0 Å². The highest BCUT2D eigenvalue weighted by Gasteiger charge is 2.34. The molecule has 4 nitrogen and oxygen atoms in total. The van der Waals surface area contributed by atoms with Gasteiger partial charge in [0.25, 0.3) is 5.91 Å². The number of aromatic amines is 1. The molecule has 2 N–H and O–H groups in total. The zero-order chi connectivity index (χ0) is 15.7. The molecule has 0 radical (unpaired) electrons. The quantitative estimate of drug-likeness (QED) is 0.773. The maximum Gasteiger partial charge on any atom is 0.449 e. The highest BCUT2D eigenvalue weighted by Crippen LogP contribution is 2.28. The zero-order valence-corrected chi connectivity index (χ0v) is 11.9. The van der Waals surface area contributed by atoms with Crippen molar-refractivity contribution >= 4 is 28.3 Å². The largest absolute Gasteiger partial charge is 0.449 e. The molecule has 0 spiro atoms. The van der Waals surface area contributed by atoms with Crippen molar-refractivity contribution in [2.24, 2.45) is 0 Å². The van der Waals surface area contributed by atoms with Gasteiger partial charge in [-0.25, -0.2) is 4.98 Å². The fraction of sp³-hybridized carbons (Fsp3) is 0.143. The molecule has 0 fully saturated rings. The molecule has 2 heterocycles. The second-order valence-corrected chi connectivity index (χ2v) is 5.61. The number of hydrogen-bond acceptors (Lipinski definition) is 3. The second kappa shape index (κ2) is 5.45. The Hall–Kier alpha value is -2.35. The Balaban J connectivity index is 1.80. The monoisotopic (exact) mass is 325 g/mol. The molecule has 8 heteroatoms. The van der Waals surface area contributed by atoms with E-state index in [0.717, 1.165) is 4.88 Å². The number of amides is 1. The lowest BCUT2D eigenvalue weighted by Crippen LogP contribution is -2.22. The summed E-state index contributed by atoms with van der Waals surface area (Å²) in [6.45, 7) is 0.380. The maximum absolute atomic E-state index is 12.6. The van der Waals surface area contributed by atoms with Crippen LogP contribution in [0, 0.1) is 0 Å². The average Bonchev–Trinajstić information content (AvgIpc) is 3.12. The molecule has 3 aromatic rings. The summed E-state index contributed by atoms with van der Waals surface area (Å²) in [7, 11) is 0. The molecule has 0 aliphatic heterocycles. The second-order valence-electron chi connectivity index (χ2n) is 4.58. The van der Waals surface area contributed by atoms with Gasteiger partial charge in [-0.1, -0.05) is 6.07 Å². The van der Waals surface area contributed by atoms with Gasteiger partial charge in [0.2, 0.25) is 5.82 Å². The number of carbonyl (C=O) groups is 1. The van der Waals surface area contributed by atoms with Crippen molar-refractivity contribution in [3.8, 4) is 0 Å². The molecule has 3 rings (SSSR count). The van der Waals surface area contributed by atoms with Crippen LogP contribution in [0.1, 0.15) is 21.1 Å². The van der Waals surface area contributed by atoms with Crippen LogP contribution in [0.5, 0.6) is 0 Å². The van der Waals surface area contributed by atoms with Gasteiger partial charge in [0.15, 0.2) is 0 Å². The summed E-state index contributed by atoms with van der Waals surface area (Å²) in [6.07, 6.45) is -4.54. The summed E-state index contributed by atoms with van der Waals surface area (Å²) in [4.78, 5) is 18.7. The number of imidazole rings is 1. The Labute approximate surface area is 127 Å². The number of halogens is 3. The third kappa shape index (κ3) is 2.96. The number of alkyl halides is 3. The van der Waals surface area contributed by atoms with E-state index in [2.05, 4.69) is 15.3 Å². The Morgan fingerprint density at radius 1 is 1.32 bits per heavy atom. The minimum atomic E-state index is -4.54. The van der Waals surface area contributed by atoms with Crippen LogP contribution in [0.2, 0.25) is 0 Å². The molecule has 22 heavy (non-hydrogen) atoms. The van der Waals surface area contributed by atoms with Crippen LogP contribution in [-0.4, -0.2) is 15.9 Å². The van der Waals surface area contributed by atoms with Gasteiger partial charge in [0.05, 0.1) is 17.6 Å². The van der Waals surface area contributed by atoms with Crippen LogP contribution >= 0.6 is 11.3 Å². The molecule has 114 valence electrons. The predicted molar refractivity (Wildman–Crippen MR) is 76.6 cm³/mol. The lowest BCUT2D eigenvalue weighted by molar-refractivity contribution is -0.144. The number of fused-ring (bicyclic) bond motifs is 1. The van der Waals surface area contributed by atoms with Gasteiger partial charge in [0.1, 0.15) is 0 Å². The fourth-order valence-corrected chi connectivity index (χ4v) is 2.61. The Morgan fingerprint density at radius 3 is 2.82 bits per heavy atom. The number of thiophene rings is 1. The number of hydrogen-bond donors (Lipinski definition) is 2. The Bertz CT molecular complexity index is 808. The van der Waals surface area contributed by atoms with Crippen LogP contribution < -0.4 is 5.32 Å². The first-order chi connectivity index (χ1) is 10.4. The van der Waals surface area contributed by atoms with Gasteiger partial charge in [0, 0.05) is 10.4 Å². The molecule has 1 amide bonds. The van der Waals surface area contributed by atoms with Crippen molar-refractivity contribution in [2.75, 3.05) is 0 Å². The molecule has 2 aromatic heterocycles. The summed E-state index contributed by atoms with van der Waals surface area (Å²) in [5.41, 5.74) is 0.625. The normalized spacial score (nSPS) is 11.8. The molecule has 0 saturated heterocycles. The number of carbonyl (C=O) groups excluding carboxylic acids is 1. The van der Waals surface area contributed by atoms with E-state index in [4.69, 9.17) is 0 Å². The lowest BCUT2D eigenvalue weighted by Gasteiger charge is -2.03. The minimum Gasteiger partial charge on any atom is -0.347 e. The van der Waals surface area contributed by atoms with Crippen molar-refractivity contribution in [2.45, 2.75) is 12.7 Å². The molecule has 0 bridgehead atoms. The van der Waals surface area contributed by atoms with Gasteiger partial charge < -0.3 is 10.3 Å². The van der Waals surface area contributed by atoms with E-state index in [0.29, 0.717) is 6.54 Å². The lowest BCUT2D eigenvalue weighted by atomic mass is 10.2. The van der Waals surface area contributed by atoms with Crippen LogP contribution in [0.25, 0.3) is 11.0 Å². The summed E-state index contributed by atoms with van der Waals surface area (Å²) in [5, 5.41) is 4.62. The zero-order valence-electron chi connectivity index (χ0n) is 11.1. The number of nitrogens with one attached hydrogen (secondary N) is 2. The molecule has 0 aliphatic carbocycles. The average molecular weight is 325 g/mol. The predicted octanol–water partition coefficient (Wildman–Crippen LogP) is 3.57. The van der Waals surface area contributed by atoms with Crippen LogP contribution in [0.15, 0.2) is 35.7 Å². The molecule has 0 saturated carbocycles. The number of rotatable bonds is 3. The number of H-pyrrole nitrogens is 1. The van der Waals surface area contributed by atoms with Crippen molar-refractivity contribution < 1.29 is 18.0 Å². The topological polar surface area (TPSA) is 57.8 Å². The molecule has 0 unspecified atom stereocenters. The number of aromatic nitrogens is 2. The van der Waals surface area contributed by atoms with Crippen LogP contribution in [0.3, 0.4) is 0 Å².